The normalized spacial score (nSPS) is 11.9. The number of amides is 1. The molecule has 1 aromatic heterocycles. The van der Waals surface area contributed by atoms with Gasteiger partial charge in [-0.05, 0) is 43.3 Å². The summed E-state index contributed by atoms with van der Waals surface area (Å²) in [7, 11) is 0. The summed E-state index contributed by atoms with van der Waals surface area (Å²) in [4.78, 5) is 17.2. The third-order valence-corrected chi connectivity index (χ3v) is 4.39. The third kappa shape index (κ3) is 3.53. The van der Waals surface area contributed by atoms with Crippen LogP contribution in [0.4, 0.5) is 5.69 Å². The molecule has 1 unspecified atom stereocenters. The molecule has 3 aromatic carbocycles. The average Bonchev–Trinajstić information content (AvgIpc) is 3.14. The van der Waals surface area contributed by atoms with Gasteiger partial charge in [0.25, 0.3) is 0 Å². The average molecular weight is 357 g/mol. The molecule has 5 nitrogen and oxygen atoms in total. The molecule has 27 heavy (non-hydrogen) atoms. The van der Waals surface area contributed by atoms with Crippen LogP contribution in [0.15, 0.2) is 85.2 Å². The smallest absolute Gasteiger partial charge is 0.247 e. The summed E-state index contributed by atoms with van der Waals surface area (Å²) < 4.78 is 7.78. The number of carbonyl (C=O) groups excluding carboxylic acids is 1. The maximum atomic E-state index is 12.8. The number of benzene rings is 3. The molecule has 0 aliphatic carbocycles. The predicted molar refractivity (Wildman–Crippen MR) is 106 cm³/mol. The van der Waals surface area contributed by atoms with Crippen molar-refractivity contribution >= 4 is 22.6 Å². The zero-order valence-corrected chi connectivity index (χ0v) is 14.9. The van der Waals surface area contributed by atoms with Gasteiger partial charge in [0.05, 0.1) is 23.0 Å². The molecule has 4 aromatic rings. The zero-order valence-electron chi connectivity index (χ0n) is 14.9. The first-order valence-corrected chi connectivity index (χ1v) is 8.77. The van der Waals surface area contributed by atoms with Crippen LogP contribution in [0.1, 0.15) is 13.0 Å². The molecule has 5 heteroatoms. The monoisotopic (exact) mass is 357 g/mol. The fourth-order valence-corrected chi connectivity index (χ4v) is 2.92. The Kier molecular flexibility index (Phi) is 4.58. The van der Waals surface area contributed by atoms with Gasteiger partial charge in [-0.3, -0.25) is 4.79 Å². The Labute approximate surface area is 157 Å². The molecule has 1 amide bonds. The van der Waals surface area contributed by atoms with E-state index in [0.717, 1.165) is 11.0 Å². The Balaban J connectivity index is 1.56. The van der Waals surface area contributed by atoms with Crippen molar-refractivity contribution in [2.24, 2.45) is 0 Å². The summed E-state index contributed by atoms with van der Waals surface area (Å²) in [6, 6.07) is 24.2. The van der Waals surface area contributed by atoms with E-state index in [0.29, 0.717) is 17.2 Å². The number of hydrogen-bond donors (Lipinski definition) is 1. The molecular formula is C22H19N3O2. The van der Waals surface area contributed by atoms with Crippen molar-refractivity contribution in [2.75, 3.05) is 5.32 Å². The topological polar surface area (TPSA) is 56.1 Å². The zero-order chi connectivity index (χ0) is 18.6. The van der Waals surface area contributed by atoms with Gasteiger partial charge in [0.2, 0.25) is 5.91 Å². The number of rotatable bonds is 5. The standard InChI is InChI=1S/C22H19N3O2/c1-16(25-15-23-18-11-5-7-13-20(18)25)22(26)24-19-12-6-8-14-21(19)27-17-9-3-2-4-10-17/h2-16H,1H3,(H,24,26). The van der Waals surface area contributed by atoms with Crippen molar-refractivity contribution in [1.29, 1.82) is 0 Å². The minimum Gasteiger partial charge on any atom is -0.455 e. The van der Waals surface area contributed by atoms with Crippen LogP contribution in [0.5, 0.6) is 11.5 Å². The lowest BCUT2D eigenvalue weighted by molar-refractivity contribution is -0.118. The number of fused-ring (bicyclic) bond motifs is 1. The minimum atomic E-state index is -0.415. The van der Waals surface area contributed by atoms with E-state index < -0.39 is 6.04 Å². The summed E-state index contributed by atoms with van der Waals surface area (Å²) in [6.45, 7) is 1.85. The highest BCUT2D eigenvalue weighted by Crippen LogP contribution is 2.30. The minimum absolute atomic E-state index is 0.137. The number of anilines is 1. The van der Waals surface area contributed by atoms with Crippen LogP contribution in [-0.4, -0.2) is 15.5 Å². The van der Waals surface area contributed by atoms with Crippen LogP contribution in [0.3, 0.4) is 0 Å². The highest BCUT2D eigenvalue weighted by Gasteiger charge is 2.18. The molecule has 1 atom stereocenters. The first kappa shape index (κ1) is 16.8. The maximum absolute atomic E-state index is 12.8. The number of para-hydroxylation sites is 5. The lowest BCUT2D eigenvalue weighted by Crippen LogP contribution is -2.23. The molecule has 0 aliphatic heterocycles. The van der Waals surface area contributed by atoms with Gasteiger partial charge in [0.15, 0.2) is 5.75 Å². The second-order valence-corrected chi connectivity index (χ2v) is 6.22. The van der Waals surface area contributed by atoms with Crippen molar-refractivity contribution in [2.45, 2.75) is 13.0 Å². The van der Waals surface area contributed by atoms with Crippen LogP contribution < -0.4 is 10.1 Å². The van der Waals surface area contributed by atoms with E-state index in [2.05, 4.69) is 10.3 Å². The molecule has 134 valence electrons. The second-order valence-electron chi connectivity index (χ2n) is 6.22. The van der Waals surface area contributed by atoms with Gasteiger partial charge in [-0.25, -0.2) is 4.98 Å². The predicted octanol–water partition coefficient (Wildman–Crippen LogP) is 5.03. The van der Waals surface area contributed by atoms with Crippen molar-refractivity contribution in [1.82, 2.24) is 9.55 Å². The fourth-order valence-electron chi connectivity index (χ4n) is 2.92. The maximum Gasteiger partial charge on any atom is 0.247 e. The molecular weight excluding hydrogens is 338 g/mol. The fraction of sp³-hybridized carbons (Fsp3) is 0.0909. The van der Waals surface area contributed by atoms with E-state index in [-0.39, 0.29) is 5.91 Å². The van der Waals surface area contributed by atoms with E-state index >= 15 is 0 Å². The van der Waals surface area contributed by atoms with E-state index in [1.165, 1.54) is 0 Å². The molecule has 0 aliphatic rings. The van der Waals surface area contributed by atoms with Crippen LogP contribution in [0.2, 0.25) is 0 Å². The lowest BCUT2D eigenvalue weighted by atomic mass is 10.2. The van der Waals surface area contributed by atoms with Crippen LogP contribution >= 0.6 is 0 Å². The van der Waals surface area contributed by atoms with Crippen molar-refractivity contribution in [3.8, 4) is 11.5 Å². The summed E-state index contributed by atoms with van der Waals surface area (Å²) >= 11 is 0. The van der Waals surface area contributed by atoms with E-state index in [4.69, 9.17) is 4.74 Å². The van der Waals surface area contributed by atoms with E-state index in [1.807, 2.05) is 90.4 Å². The molecule has 0 saturated carbocycles. The quantitative estimate of drug-likeness (QED) is 0.545. The second kappa shape index (κ2) is 7.33. The number of carbonyl (C=O) groups is 1. The van der Waals surface area contributed by atoms with Gasteiger partial charge in [-0.1, -0.05) is 42.5 Å². The number of imidazole rings is 1. The van der Waals surface area contributed by atoms with Gasteiger partial charge in [-0.15, -0.1) is 0 Å². The van der Waals surface area contributed by atoms with Gasteiger partial charge >= 0.3 is 0 Å². The summed E-state index contributed by atoms with van der Waals surface area (Å²) in [5.41, 5.74) is 2.42. The Hall–Kier alpha value is -3.60. The van der Waals surface area contributed by atoms with Crippen LogP contribution in [-0.2, 0) is 4.79 Å². The molecule has 0 saturated heterocycles. The van der Waals surface area contributed by atoms with Gasteiger partial charge in [-0.2, -0.15) is 0 Å². The summed E-state index contributed by atoms with van der Waals surface area (Å²) in [5, 5.41) is 2.97. The summed E-state index contributed by atoms with van der Waals surface area (Å²) in [5.74, 6) is 1.18. The Morgan fingerprint density at radius 3 is 2.52 bits per heavy atom. The largest absolute Gasteiger partial charge is 0.455 e. The van der Waals surface area contributed by atoms with Gasteiger partial charge in [0.1, 0.15) is 11.8 Å². The third-order valence-electron chi connectivity index (χ3n) is 4.39. The van der Waals surface area contributed by atoms with Gasteiger partial charge < -0.3 is 14.6 Å². The first-order chi connectivity index (χ1) is 13.2. The Morgan fingerprint density at radius 2 is 1.67 bits per heavy atom. The molecule has 0 bridgehead atoms. The number of nitrogens with zero attached hydrogens (tertiary/aromatic N) is 2. The van der Waals surface area contributed by atoms with Crippen LogP contribution in [0.25, 0.3) is 11.0 Å². The molecule has 1 heterocycles. The number of aromatic nitrogens is 2. The van der Waals surface area contributed by atoms with Gasteiger partial charge in [0, 0.05) is 0 Å². The number of hydrogen-bond acceptors (Lipinski definition) is 3. The molecule has 0 radical (unpaired) electrons. The van der Waals surface area contributed by atoms with Crippen LogP contribution in [0, 0.1) is 0 Å². The highest BCUT2D eigenvalue weighted by atomic mass is 16.5. The molecule has 0 spiro atoms. The molecule has 4 rings (SSSR count). The SMILES string of the molecule is CC(C(=O)Nc1ccccc1Oc1ccccc1)n1cnc2ccccc21. The first-order valence-electron chi connectivity index (χ1n) is 8.77. The van der Waals surface area contributed by atoms with Crippen molar-refractivity contribution < 1.29 is 9.53 Å². The van der Waals surface area contributed by atoms with E-state index in [9.17, 15) is 4.79 Å². The Bertz CT molecular complexity index is 1070. The lowest BCUT2D eigenvalue weighted by Gasteiger charge is -2.17. The number of nitrogens with one attached hydrogen (secondary N) is 1. The number of ether oxygens (including phenoxy) is 1. The molecule has 0 fully saturated rings. The van der Waals surface area contributed by atoms with Crippen molar-refractivity contribution in [3.05, 3.63) is 85.2 Å². The van der Waals surface area contributed by atoms with Crippen molar-refractivity contribution in [3.63, 3.8) is 0 Å². The summed E-state index contributed by atoms with van der Waals surface area (Å²) in [6.07, 6.45) is 1.70. The molecule has 1 N–H and O–H groups in total. The highest BCUT2D eigenvalue weighted by molar-refractivity contribution is 5.95. The van der Waals surface area contributed by atoms with E-state index in [1.54, 1.807) is 6.33 Å². The Morgan fingerprint density at radius 1 is 0.963 bits per heavy atom.